The van der Waals surface area contributed by atoms with Crippen molar-refractivity contribution in [2.24, 2.45) is 5.92 Å². The van der Waals surface area contributed by atoms with E-state index in [9.17, 15) is 18.8 Å². The molecule has 1 unspecified atom stereocenters. The van der Waals surface area contributed by atoms with Crippen LogP contribution in [0, 0.1) is 18.7 Å². The summed E-state index contributed by atoms with van der Waals surface area (Å²) in [6.07, 6.45) is 6.98. The van der Waals surface area contributed by atoms with E-state index in [2.05, 4.69) is 26.0 Å². The van der Waals surface area contributed by atoms with Crippen molar-refractivity contribution in [3.8, 4) is 16.8 Å². The Hall–Kier alpha value is -4.57. The lowest BCUT2D eigenvalue weighted by atomic mass is 9.94. The van der Waals surface area contributed by atoms with Gasteiger partial charge in [-0.3, -0.25) is 19.4 Å². The molecule has 2 aromatic carbocycles. The van der Waals surface area contributed by atoms with Crippen molar-refractivity contribution in [3.05, 3.63) is 88.7 Å². The molecular weight excluding hydrogens is 571 g/mol. The smallest absolute Gasteiger partial charge is 0.255 e. The quantitative estimate of drug-likeness (QED) is 0.237. The molecule has 3 N–H and O–H groups in total. The molecule has 0 saturated heterocycles. The normalized spacial score (nSPS) is 16.7. The van der Waals surface area contributed by atoms with Crippen LogP contribution in [0.1, 0.15) is 67.2 Å². The molecular formula is C32H32ClFN6O3. The number of nitrogens with one attached hydrogen (secondary N) is 3. The lowest BCUT2D eigenvalue weighted by Crippen LogP contribution is -2.29. The van der Waals surface area contributed by atoms with Crippen LogP contribution >= 0.6 is 11.6 Å². The first-order valence-electron chi connectivity index (χ1n) is 14.2. The minimum absolute atomic E-state index is 0.0366. The van der Waals surface area contributed by atoms with Crippen LogP contribution in [0.3, 0.4) is 0 Å². The molecule has 0 aliphatic carbocycles. The van der Waals surface area contributed by atoms with Gasteiger partial charge in [-0.05, 0) is 55.7 Å². The Bertz CT molecular complexity index is 1700. The van der Waals surface area contributed by atoms with Crippen LogP contribution in [0.15, 0.2) is 61.1 Å². The van der Waals surface area contributed by atoms with Crippen LogP contribution in [0.25, 0.3) is 16.8 Å². The molecule has 4 aromatic rings. The third kappa shape index (κ3) is 6.44. The van der Waals surface area contributed by atoms with E-state index in [1.807, 2.05) is 19.1 Å². The number of fused-ring (bicyclic) bond motifs is 4. The average molecular weight is 603 g/mol. The van der Waals surface area contributed by atoms with Gasteiger partial charge in [-0.25, -0.2) is 9.07 Å². The summed E-state index contributed by atoms with van der Waals surface area (Å²) >= 11 is 5.96. The van der Waals surface area contributed by atoms with Crippen molar-refractivity contribution in [1.29, 1.82) is 0 Å². The fourth-order valence-electron chi connectivity index (χ4n) is 5.13. The fraction of sp³-hybridized carbons (Fsp3) is 0.281. The molecule has 222 valence electrons. The second-order valence-corrected chi connectivity index (χ2v) is 11.1. The fourth-order valence-corrected chi connectivity index (χ4v) is 5.30. The molecule has 2 atom stereocenters. The zero-order valence-electron chi connectivity index (χ0n) is 24.1. The first kappa shape index (κ1) is 29.9. The summed E-state index contributed by atoms with van der Waals surface area (Å²) in [4.78, 5) is 43.1. The number of carbonyl (C=O) groups is 3. The molecule has 0 saturated carbocycles. The predicted octanol–water partition coefficient (Wildman–Crippen LogP) is 6.61. The van der Waals surface area contributed by atoms with E-state index in [1.54, 1.807) is 50.5 Å². The standard InChI is InChI=1S/C32H32ClFN6O3/c1-4-29(41)37-22-11-12-23-20-13-21(16-35-15-20)26(9-5-7-18(2)31(42)39-27(23)14-22)38-32(43)24-17-36-40(19(24)3)28-10-6-8-25(33)30(28)34/h6,8,10-18,26H,4-5,7,9H2,1-3H3,(H,37,41)(H,38,43)(H,39,42)/t18-,26?/m1/s1. The van der Waals surface area contributed by atoms with Gasteiger partial charge in [0, 0.05) is 41.5 Å². The maximum atomic E-state index is 14.7. The van der Waals surface area contributed by atoms with Crippen LogP contribution in [-0.4, -0.2) is 32.5 Å². The number of anilines is 2. The molecule has 0 spiro atoms. The molecule has 11 heteroatoms. The maximum absolute atomic E-state index is 14.7. The highest BCUT2D eigenvalue weighted by atomic mass is 35.5. The van der Waals surface area contributed by atoms with Gasteiger partial charge in [0.15, 0.2) is 5.82 Å². The molecule has 1 aliphatic rings. The predicted molar refractivity (Wildman–Crippen MR) is 164 cm³/mol. The number of benzene rings is 2. The molecule has 2 aromatic heterocycles. The van der Waals surface area contributed by atoms with Gasteiger partial charge in [0.05, 0.1) is 34.2 Å². The van der Waals surface area contributed by atoms with E-state index in [0.29, 0.717) is 48.3 Å². The van der Waals surface area contributed by atoms with Gasteiger partial charge in [0.25, 0.3) is 5.91 Å². The van der Waals surface area contributed by atoms with Crippen LogP contribution in [0.4, 0.5) is 15.8 Å². The summed E-state index contributed by atoms with van der Waals surface area (Å²) in [5, 5.41) is 13.2. The average Bonchev–Trinajstić information content (AvgIpc) is 3.38. The Morgan fingerprint density at radius 3 is 2.74 bits per heavy atom. The van der Waals surface area contributed by atoms with E-state index >= 15 is 0 Å². The first-order valence-corrected chi connectivity index (χ1v) is 14.5. The van der Waals surface area contributed by atoms with Gasteiger partial charge in [-0.2, -0.15) is 5.10 Å². The van der Waals surface area contributed by atoms with Crippen molar-refractivity contribution >= 4 is 40.7 Å². The minimum atomic E-state index is -0.622. The molecule has 0 radical (unpaired) electrons. The number of hydrogen-bond acceptors (Lipinski definition) is 5. The van der Waals surface area contributed by atoms with Gasteiger partial charge in [-0.1, -0.05) is 44.0 Å². The third-order valence-electron chi connectivity index (χ3n) is 7.65. The molecule has 2 bridgehead atoms. The van der Waals surface area contributed by atoms with Crippen molar-refractivity contribution in [3.63, 3.8) is 0 Å². The van der Waals surface area contributed by atoms with Gasteiger partial charge >= 0.3 is 0 Å². The Morgan fingerprint density at radius 2 is 1.95 bits per heavy atom. The number of carbonyl (C=O) groups excluding carboxylic acids is 3. The number of hydrogen-bond donors (Lipinski definition) is 3. The monoisotopic (exact) mass is 602 g/mol. The van der Waals surface area contributed by atoms with Gasteiger partial charge in [0.1, 0.15) is 5.69 Å². The van der Waals surface area contributed by atoms with Crippen LogP contribution in [-0.2, 0) is 9.59 Å². The second kappa shape index (κ2) is 12.7. The second-order valence-electron chi connectivity index (χ2n) is 10.6. The van der Waals surface area contributed by atoms with E-state index in [-0.39, 0.29) is 34.3 Å². The Kier molecular flexibility index (Phi) is 8.86. The number of halogens is 2. The van der Waals surface area contributed by atoms with Crippen molar-refractivity contribution in [2.75, 3.05) is 10.6 Å². The van der Waals surface area contributed by atoms with Crippen LogP contribution < -0.4 is 16.0 Å². The van der Waals surface area contributed by atoms with E-state index in [4.69, 9.17) is 11.6 Å². The summed E-state index contributed by atoms with van der Waals surface area (Å²) in [5.41, 5.74) is 4.32. The van der Waals surface area contributed by atoms with E-state index in [0.717, 1.165) is 16.7 Å². The van der Waals surface area contributed by atoms with Crippen molar-refractivity contribution < 1.29 is 18.8 Å². The molecule has 9 nitrogen and oxygen atoms in total. The SMILES string of the molecule is CCC(=O)Nc1ccc2c(c1)NC(=O)[C@H](C)CCCC(NC(=O)c1cnn(-c3cccc(Cl)c3F)c1C)c1cncc-2c1. The Labute approximate surface area is 253 Å². The summed E-state index contributed by atoms with van der Waals surface area (Å²) in [6, 6.07) is 11.5. The van der Waals surface area contributed by atoms with Gasteiger partial charge in [-0.15, -0.1) is 0 Å². The zero-order valence-corrected chi connectivity index (χ0v) is 24.8. The van der Waals surface area contributed by atoms with Crippen molar-refractivity contribution in [1.82, 2.24) is 20.1 Å². The van der Waals surface area contributed by atoms with Crippen LogP contribution in [0.5, 0.6) is 0 Å². The molecule has 43 heavy (non-hydrogen) atoms. The highest BCUT2D eigenvalue weighted by molar-refractivity contribution is 6.30. The highest BCUT2D eigenvalue weighted by Gasteiger charge is 2.24. The Balaban J connectivity index is 1.48. The topological polar surface area (TPSA) is 118 Å². The zero-order chi connectivity index (χ0) is 30.7. The molecule has 0 fully saturated rings. The first-order chi connectivity index (χ1) is 20.7. The number of pyridine rings is 1. The minimum Gasteiger partial charge on any atom is -0.345 e. The summed E-state index contributed by atoms with van der Waals surface area (Å²) in [5.74, 6) is -1.55. The molecule has 3 heterocycles. The van der Waals surface area contributed by atoms with Crippen molar-refractivity contribution in [2.45, 2.75) is 52.5 Å². The maximum Gasteiger partial charge on any atom is 0.255 e. The number of aromatic nitrogens is 3. The lowest BCUT2D eigenvalue weighted by molar-refractivity contribution is -0.119. The van der Waals surface area contributed by atoms with Crippen LogP contribution in [0.2, 0.25) is 5.02 Å². The lowest BCUT2D eigenvalue weighted by Gasteiger charge is -2.23. The van der Waals surface area contributed by atoms with E-state index < -0.39 is 11.9 Å². The molecule has 3 amide bonds. The summed E-state index contributed by atoms with van der Waals surface area (Å²) in [6.45, 7) is 5.33. The highest BCUT2D eigenvalue weighted by Crippen LogP contribution is 2.34. The van der Waals surface area contributed by atoms with E-state index in [1.165, 1.54) is 16.9 Å². The number of amides is 3. The Morgan fingerprint density at radius 1 is 1.14 bits per heavy atom. The van der Waals surface area contributed by atoms with Gasteiger partial charge < -0.3 is 16.0 Å². The summed E-state index contributed by atoms with van der Waals surface area (Å²) in [7, 11) is 0. The summed E-state index contributed by atoms with van der Waals surface area (Å²) < 4.78 is 16.1. The third-order valence-corrected chi connectivity index (χ3v) is 7.94. The van der Waals surface area contributed by atoms with Gasteiger partial charge in [0.2, 0.25) is 11.8 Å². The number of rotatable bonds is 5. The molecule has 1 aliphatic heterocycles. The molecule has 5 rings (SSSR count). The number of nitrogens with zero attached hydrogens (tertiary/aromatic N) is 3. The largest absolute Gasteiger partial charge is 0.345 e.